The maximum Gasteiger partial charge on any atom is 0.387 e. The van der Waals surface area contributed by atoms with Crippen molar-refractivity contribution in [2.24, 2.45) is 0 Å². The molecule has 1 aromatic rings. The van der Waals surface area contributed by atoms with Crippen molar-refractivity contribution < 1.29 is 18.6 Å². The van der Waals surface area contributed by atoms with Crippen LogP contribution in [0.4, 0.5) is 8.78 Å². The predicted molar refractivity (Wildman–Crippen MR) is 57.6 cm³/mol. The van der Waals surface area contributed by atoms with Gasteiger partial charge in [0.15, 0.2) is 0 Å². The summed E-state index contributed by atoms with van der Waals surface area (Å²) in [4.78, 5) is 0. The summed E-state index contributed by atoms with van der Waals surface area (Å²) in [6.45, 7) is 2.36. The van der Waals surface area contributed by atoms with Gasteiger partial charge in [-0.3, -0.25) is 0 Å². The fraction of sp³-hybridized carbons (Fsp3) is 0.333. The lowest BCUT2D eigenvalue weighted by molar-refractivity contribution is -0.0515. The lowest BCUT2D eigenvalue weighted by Crippen LogP contribution is -2.07. The number of aliphatic hydroxyl groups excluding tert-OH is 1. The molecule has 0 aliphatic rings. The smallest absolute Gasteiger partial charge is 0.387 e. The van der Waals surface area contributed by atoms with Gasteiger partial charge in [-0.05, 0) is 25.0 Å². The molecule has 0 aliphatic heterocycles. The number of hydrogen-bond acceptors (Lipinski definition) is 2. The molecule has 2 nitrogen and oxygen atoms in total. The Morgan fingerprint density at radius 2 is 2.19 bits per heavy atom. The number of ether oxygens (including phenoxy) is 1. The van der Waals surface area contributed by atoms with Crippen molar-refractivity contribution in [2.45, 2.75) is 26.1 Å². The summed E-state index contributed by atoms with van der Waals surface area (Å²) in [5, 5.41) is 9.71. The summed E-state index contributed by atoms with van der Waals surface area (Å²) in [6.07, 6.45) is 0.950. The molecule has 88 valence electrons. The van der Waals surface area contributed by atoms with Crippen molar-refractivity contribution in [3.63, 3.8) is 0 Å². The summed E-state index contributed by atoms with van der Waals surface area (Å²) >= 11 is 0. The van der Waals surface area contributed by atoms with Gasteiger partial charge in [-0.2, -0.15) is 8.78 Å². The van der Waals surface area contributed by atoms with E-state index < -0.39 is 12.7 Å². The minimum absolute atomic E-state index is 0.0179. The zero-order valence-corrected chi connectivity index (χ0v) is 8.99. The molecule has 0 aliphatic carbocycles. The van der Waals surface area contributed by atoms with E-state index >= 15 is 0 Å². The van der Waals surface area contributed by atoms with Crippen LogP contribution in [0.25, 0.3) is 0 Å². The molecule has 0 amide bonds. The first-order valence-electron chi connectivity index (χ1n) is 4.89. The van der Waals surface area contributed by atoms with Crippen LogP contribution < -0.4 is 4.74 Å². The number of benzene rings is 1. The highest BCUT2D eigenvalue weighted by Crippen LogP contribution is 2.29. The third-order valence-corrected chi connectivity index (χ3v) is 2.13. The minimum atomic E-state index is -2.89. The van der Waals surface area contributed by atoms with Gasteiger partial charge in [0.2, 0.25) is 0 Å². The van der Waals surface area contributed by atoms with Crippen molar-refractivity contribution in [2.75, 3.05) is 0 Å². The van der Waals surface area contributed by atoms with Gasteiger partial charge in [-0.25, -0.2) is 0 Å². The Labute approximate surface area is 93.2 Å². The summed E-state index contributed by atoms with van der Waals surface area (Å²) < 4.78 is 28.7. The van der Waals surface area contributed by atoms with Crippen LogP contribution in [0.15, 0.2) is 30.9 Å². The average molecular weight is 228 g/mol. The lowest BCUT2D eigenvalue weighted by atomic mass is 10.0. The molecule has 0 spiro atoms. The Balaban J connectivity index is 3.01. The van der Waals surface area contributed by atoms with Gasteiger partial charge in [-0.15, -0.1) is 6.58 Å². The Bertz CT molecular complexity index is 364. The molecular formula is C12H14F2O2. The molecule has 0 bridgehead atoms. The Hall–Kier alpha value is -1.42. The number of hydrogen-bond donors (Lipinski definition) is 1. The first-order valence-corrected chi connectivity index (χ1v) is 4.89. The maximum atomic E-state index is 12.2. The number of aryl methyl sites for hydroxylation is 1. The van der Waals surface area contributed by atoms with Crippen LogP contribution in [0.2, 0.25) is 0 Å². The van der Waals surface area contributed by atoms with Crippen LogP contribution in [-0.2, 0) is 0 Å². The zero-order chi connectivity index (χ0) is 12.1. The highest BCUT2D eigenvalue weighted by atomic mass is 19.3. The Kier molecular flexibility index (Phi) is 4.43. The fourth-order valence-corrected chi connectivity index (χ4v) is 1.40. The average Bonchev–Trinajstić information content (AvgIpc) is 2.16. The number of aliphatic hydroxyl groups is 1. The number of alkyl halides is 2. The van der Waals surface area contributed by atoms with Gasteiger partial charge in [0.05, 0.1) is 6.10 Å². The molecule has 0 heterocycles. The van der Waals surface area contributed by atoms with E-state index in [4.69, 9.17) is 0 Å². The second kappa shape index (κ2) is 5.61. The largest absolute Gasteiger partial charge is 0.434 e. The van der Waals surface area contributed by atoms with Crippen molar-refractivity contribution in [1.29, 1.82) is 0 Å². The first-order chi connectivity index (χ1) is 7.54. The molecule has 1 rings (SSSR count). The first kappa shape index (κ1) is 12.6. The van der Waals surface area contributed by atoms with Crippen LogP contribution in [0.5, 0.6) is 5.75 Å². The van der Waals surface area contributed by atoms with Gasteiger partial charge < -0.3 is 9.84 Å². The van der Waals surface area contributed by atoms with Crippen LogP contribution in [-0.4, -0.2) is 11.7 Å². The quantitative estimate of drug-likeness (QED) is 0.784. The molecule has 16 heavy (non-hydrogen) atoms. The third-order valence-electron chi connectivity index (χ3n) is 2.13. The van der Waals surface area contributed by atoms with Crippen molar-refractivity contribution in [3.05, 3.63) is 42.0 Å². The minimum Gasteiger partial charge on any atom is -0.434 e. The van der Waals surface area contributed by atoms with E-state index in [2.05, 4.69) is 11.3 Å². The molecule has 0 fully saturated rings. The van der Waals surface area contributed by atoms with Crippen LogP contribution in [0.1, 0.15) is 23.7 Å². The van der Waals surface area contributed by atoms with Crippen LogP contribution >= 0.6 is 0 Å². The molecule has 4 heteroatoms. The van der Waals surface area contributed by atoms with E-state index in [9.17, 15) is 13.9 Å². The summed E-state index contributed by atoms with van der Waals surface area (Å²) in [5.41, 5.74) is 1.15. The molecule has 1 aromatic carbocycles. The number of halogens is 2. The summed E-state index contributed by atoms with van der Waals surface area (Å²) in [7, 11) is 0. The van der Waals surface area contributed by atoms with Crippen LogP contribution in [0, 0.1) is 6.92 Å². The predicted octanol–water partition coefficient (Wildman–Crippen LogP) is 3.21. The molecule has 1 N–H and O–H groups in total. The van der Waals surface area contributed by atoms with Gasteiger partial charge in [0.25, 0.3) is 0 Å². The van der Waals surface area contributed by atoms with E-state index in [-0.39, 0.29) is 5.75 Å². The molecule has 0 saturated heterocycles. The maximum absolute atomic E-state index is 12.2. The van der Waals surface area contributed by atoms with Gasteiger partial charge in [0.1, 0.15) is 5.75 Å². The molecule has 1 unspecified atom stereocenters. The van der Waals surface area contributed by atoms with Crippen molar-refractivity contribution in [1.82, 2.24) is 0 Å². The highest BCUT2D eigenvalue weighted by Gasteiger charge is 2.15. The fourth-order valence-electron chi connectivity index (χ4n) is 1.40. The van der Waals surface area contributed by atoms with Crippen molar-refractivity contribution in [3.8, 4) is 5.75 Å². The van der Waals surface area contributed by atoms with E-state index in [1.165, 1.54) is 12.1 Å². The monoisotopic (exact) mass is 228 g/mol. The second-order valence-electron chi connectivity index (χ2n) is 3.46. The molecular weight excluding hydrogens is 214 g/mol. The van der Waals surface area contributed by atoms with E-state index in [1.54, 1.807) is 19.1 Å². The number of rotatable bonds is 5. The second-order valence-corrected chi connectivity index (χ2v) is 3.46. The topological polar surface area (TPSA) is 29.5 Å². The van der Waals surface area contributed by atoms with Gasteiger partial charge in [0, 0.05) is 5.56 Å². The lowest BCUT2D eigenvalue weighted by Gasteiger charge is -2.15. The van der Waals surface area contributed by atoms with Crippen LogP contribution in [0.3, 0.4) is 0 Å². The summed E-state index contributed by atoms with van der Waals surface area (Å²) in [6, 6.07) is 4.80. The molecule has 1 atom stereocenters. The van der Waals surface area contributed by atoms with Crippen molar-refractivity contribution >= 4 is 0 Å². The molecule has 0 saturated carbocycles. The van der Waals surface area contributed by atoms with Gasteiger partial charge >= 0.3 is 6.61 Å². The highest BCUT2D eigenvalue weighted by molar-refractivity contribution is 5.38. The zero-order valence-electron chi connectivity index (χ0n) is 8.99. The van der Waals surface area contributed by atoms with E-state index in [0.29, 0.717) is 12.0 Å². The van der Waals surface area contributed by atoms with E-state index in [1.807, 2.05) is 0 Å². The standard InChI is InChI=1S/C12H14F2O2/c1-3-4-10(15)9-6-5-8(2)7-11(9)16-12(13)14/h3,5-7,10,12,15H,1,4H2,2H3. The Morgan fingerprint density at radius 3 is 2.75 bits per heavy atom. The Morgan fingerprint density at radius 1 is 1.50 bits per heavy atom. The SMILES string of the molecule is C=CCC(O)c1ccc(C)cc1OC(F)F. The molecule has 0 aromatic heterocycles. The molecule has 0 radical (unpaired) electrons. The van der Waals surface area contributed by atoms with Gasteiger partial charge in [-0.1, -0.05) is 18.2 Å². The normalized spacial score (nSPS) is 12.6. The van der Waals surface area contributed by atoms with E-state index in [0.717, 1.165) is 5.56 Å². The third kappa shape index (κ3) is 3.31. The summed E-state index contributed by atoms with van der Waals surface area (Å²) in [5.74, 6) is 0.0179.